The minimum absolute atomic E-state index is 0.0892. The van der Waals surface area contributed by atoms with E-state index in [1.54, 1.807) is 13.1 Å². The van der Waals surface area contributed by atoms with Crippen LogP contribution in [0.5, 0.6) is 0 Å². The summed E-state index contributed by atoms with van der Waals surface area (Å²) in [7, 11) is -2.35. The van der Waals surface area contributed by atoms with E-state index in [1.807, 2.05) is 6.92 Å². The predicted octanol–water partition coefficient (Wildman–Crippen LogP) is 3.10. The second kappa shape index (κ2) is 4.50. The van der Waals surface area contributed by atoms with Crippen molar-refractivity contribution in [1.82, 2.24) is 0 Å². The van der Waals surface area contributed by atoms with E-state index in [1.165, 1.54) is 0 Å². The topological polar surface area (TPSA) is 23.8 Å². The number of rotatable bonds is 4. The molecule has 0 spiro atoms. The van der Waals surface area contributed by atoms with Crippen LogP contribution in [-0.2, 0) is 0 Å². The van der Waals surface area contributed by atoms with Crippen molar-refractivity contribution in [2.75, 3.05) is 0 Å². The Balaban J connectivity index is 3.37. The van der Waals surface area contributed by atoms with Gasteiger partial charge < -0.3 is 4.11 Å². The maximum Gasteiger partial charge on any atom is 0.240 e. The van der Waals surface area contributed by atoms with Crippen LogP contribution < -0.4 is 0 Å². The van der Waals surface area contributed by atoms with Crippen molar-refractivity contribution in [3.8, 4) is 6.07 Å². The quantitative estimate of drug-likeness (QED) is 0.473. The maximum absolute atomic E-state index is 13.0. The van der Waals surface area contributed by atoms with Gasteiger partial charge in [0.1, 0.15) is 0 Å². The fourth-order valence-corrected chi connectivity index (χ4v) is 1.94. The monoisotopic (exact) mass is 173 g/mol. The number of halogens is 1. The number of hydrogen-bond donors (Lipinski definition) is 0. The van der Waals surface area contributed by atoms with Gasteiger partial charge in [-0.3, -0.25) is 0 Å². The van der Waals surface area contributed by atoms with Crippen molar-refractivity contribution in [2.24, 2.45) is 5.92 Å². The normalized spacial score (nSPS) is 14.1. The first-order valence-corrected chi connectivity index (χ1v) is 7.13. The fraction of sp³-hybridized carbons (Fsp3) is 0.875. The van der Waals surface area contributed by atoms with Crippen LogP contribution in [0.1, 0.15) is 19.8 Å². The Morgan fingerprint density at radius 2 is 2.09 bits per heavy atom. The second-order valence-electron chi connectivity index (χ2n) is 3.64. The van der Waals surface area contributed by atoms with Gasteiger partial charge in [0.05, 0.1) is 6.07 Å². The van der Waals surface area contributed by atoms with E-state index >= 15 is 0 Å². The minimum atomic E-state index is -2.35. The Bertz CT molecular complexity index is 145. The van der Waals surface area contributed by atoms with Crippen molar-refractivity contribution >= 4 is 8.41 Å². The highest BCUT2D eigenvalue weighted by Crippen LogP contribution is 2.16. The van der Waals surface area contributed by atoms with E-state index in [-0.39, 0.29) is 5.92 Å². The van der Waals surface area contributed by atoms with Crippen LogP contribution in [0.2, 0.25) is 19.1 Å². The summed E-state index contributed by atoms with van der Waals surface area (Å²) in [5.74, 6) is 0.0892. The van der Waals surface area contributed by atoms with Gasteiger partial charge >= 0.3 is 0 Å². The molecule has 1 atom stereocenters. The molecule has 0 radical (unpaired) electrons. The molecule has 3 heteroatoms. The van der Waals surface area contributed by atoms with Gasteiger partial charge in [0.25, 0.3) is 0 Å². The highest BCUT2D eigenvalue weighted by molar-refractivity contribution is 6.70. The van der Waals surface area contributed by atoms with Crippen LogP contribution in [0.4, 0.5) is 4.11 Å². The predicted molar refractivity (Wildman–Crippen MR) is 47.4 cm³/mol. The van der Waals surface area contributed by atoms with Gasteiger partial charge in [-0.15, -0.1) is 0 Å². The molecular formula is C8H16FNSi. The largest absolute Gasteiger partial charge is 0.314 e. The summed E-state index contributed by atoms with van der Waals surface area (Å²) < 4.78 is 13.0. The summed E-state index contributed by atoms with van der Waals surface area (Å²) in [5, 5.41) is 8.43. The molecule has 1 nitrogen and oxygen atoms in total. The van der Waals surface area contributed by atoms with Gasteiger partial charge in [0, 0.05) is 5.92 Å². The molecule has 0 aromatic carbocycles. The van der Waals surface area contributed by atoms with Crippen LogP contribution in [-0.4, -0.2) is 8.41 Å². The second-order valence-corrected chi connectivity index (χ2v) is 7.58. The Morgan fingerprint density at radius 1 is 1.55 bits per heavy atom. The van der Waals surface area contributed by atoms with E-state index in [0.717, 1.165) is 12.8 Å². The van der Waals surface area contributed by atoms with Gasteiger partial charge in [0.15, 0.2) is 0 Å². The molecule has 0 aromatic heterocycles. The Kier molecular flexibility index (Phi) is 4.35. The van der Waals surface area contributed by atoms with Crippen LogP contribution in [0.3, 0.4) is 0 Å². The van der Waals surface area contributed by atoms with Gasteiger partial charge in [-0.25, -0.2) is 0 Å². The smallest absolute Gasteiger partial charge is 0.240 e. The van der Waals surface area contributed by atoms with E-state index in [2.05, 4.69) is 6.07 Å². The molecule has 0 bridgehead atoms. The standard InChI is InChI=1S/C8H16FNSi/c1-8(7-10)5-4-6-11(2,3)9/h8H,4-6H2,1-3H3. The van der Waals surface area contributed by atoms with E-state index in [4.69, 9.17) is 5.26 Å². The molecule has 0 saturated carbocycles. The summed E-state index contributed by atoms with van der Waals surface area (Å²) in [6, 6.07) is 2.84. The van der Waals surface area contributed by atoms with E-state index < -0.39 is 8.41 Å². The lowest BCUT2D eigenvalue weighted by molar-refractivity contribution is 0.629. The summed E-state index contributed by atoms with van der Waals surface area (Å²) >= 11 is 0. The molecular weight excluding hydrogens is 157 g/mol. The molecule has 0 N–H and O–H groups in total. The first kappa shape index (κ1) is 10.6. The summed E-state index contributed by atoms with van der Waals surface area (Å²) in [4.78, 5) is 0. The van der Waals surface area contributed by atoms with E-state index in [0.29, 0.717) is 6.04 Å². The molecule has 1 unspecified atom stereocenters. The number of nitrogens with zero attached hydrogens (tertiary/aromatic N) is 1. The van der Waals surface area contributed by atoms with Crippen molar-refractivity contribution in [3.63, 3.8) is 0 Å². The first-order valence-electron chi connectivity index (χ1n) is 4.04. The Hall–Kier alpha value is -0.363. The van der Waals surface area contributed by atoms with Crippen LogP contribution in [0.15, 0.2) is 0 Å². The van der Waals surface area contributed by atoms with Crippen molar-refractivity contribution in [2.45, 2.75) is 38.9 Å². The first-order chi connectivity index (χ1) is 4.95. The van der Waals surface area contributed by atoms with Crippen molar-refractivity contribution in [1.29, 1.82) is 5.26 Å². The molecule has 64 valence electrons. The lowest BCUT2D eigenvalue weighted by Gasteiger charge is -2.10. The van der Waals surface area contributed by atoms with Crippen molar-refractivity contribution in [3.05, 3.63) is 0 Å². The Morgan fingerprint density at radius 3 is 2.45 bits per heavy atom. The zero-order chi connectivity index (χ0) is 8.91. The molecule has 11 heavy (non-hydrogen) atoms. The van der Waals surface area contributed by atoms with Gasteiger partial charge in [0.2, 0.25) is 8.41 Å². The third-order valence-electron chi connectivity index (χ3n) is 1.63. The van der Waals surface area contributed by atoms with Crippen molar-refractivity contribution < 1.29 is 4.11 Å². The maximum atomic E-state index is 13.0. The highest BCUT2D eigenvalue weighted by Gasteiger charge is 2.19. The molecule has 0 saturated heterocycles. The fourth-order valence-electron chi connectivity index (χ4n) is 0.893. The SMILES string of the molecule is CC(C#N)CCC[Si](C)(C)F. The van der Waals surface area contributed by atoms with Crippen LogP contribution >= 0.6 is 0 Å². The average Bonchev–Trinajstić information content (AvgIpc) is 1.85. The summed E-state index contributed by atoms with van der Waals surface area (Å²) in [5.41, 5.74) is 0. The summed E-state index contributed by atoms with van der Waals surface area (Å²) in [6.07, 6.45) is 1.71. The third kappa shape index (κ3) is 7.53. The van der Waals surface area contributed by atoms with Crippen LogP contribution in [0, 0.1) is 17.2 Å². The third-order valence-corrected chi connectivity index (χ3v) is 3.17. The zero-order valence-corrected chi connectivity index (χ0v) is 8.52. The van der Waals surface area contributed by atoms with Gasteiger partial charge in [-0.05, 0) is 32.5 Å². The lowest BCUT2D eigenvalue weighted by Crippen LogP contribution is -2.17. The number of nitriles is 1. The Labute approximate surface area is 69.4 Å². The molecule has 0 rings (SSSR count). The molecule has 0 amide bonds. The average molecular weight is 173 g/mol. The molecule has 0 aliphatic carbocycles. The zero-order valence-electron chi connectivity index (χ0n) is 7.52. The highest BCUT2D eigenvalue weighted by atomic mass is 28.4. The minimum Gasteiger partial charge on any atom is -0.314 e. The van der Waals surface area contributed by atoms with Gasteiger partial charge in [-0.1, -0.05) is 6.42 Å². The molecule has 0 aromatic rings. The molecule has 0 fully saturated rings. The number of hydrogen-bond acceptors (Lipinski definition) is 1. The molecule has 0 heterocycles. The lowest BCUT2D eigenvalue weighted by atomic mass is 10.1. The summed E-state index contributed by atoms with van der Waals surface area (Å²) in [6.45, 7) is 5.31. The van der Waals surface area contributed by atoms with Gasteiger partial charge in [-0.2, -0.15) is 5.26 Å². The molecule has 0 aliphatic rings. The molecule has 0 aliphatic heterocycles. The van der Waals surface area contributed by atoms with Crippen LogP contribution in [0.25, 0.3) is 0 Å². The van der Waals surface area contributed by atoms with E-state index in [9.17, 15) is 4.11 Å².